The first-order chi connectivity index (χ1) is 21.6. The summed E-state index contributed by atoms with van der Waals surface area (Å²) in [6.45, 7) is 5.93. The monoisotopic (exact) mass is 641 g/mol. The summed E-state index contributed by atoms with van der Waals surface area (Å²) < 4.78 is 50.2. The van der Waals surface area contributed by atoms with Crippen molar-refractivity contribution in [3.63, 3.8) is 0 Å². The Morgan fingerprint density at radius 1 is 1.00 bits per heavy atom. The summed E-state index contributed by atoms with van der Waals surface area (Å²) in [5, 5.41) is 12.6. The molecule has 4 rings (SSSR count). The number of carbonyl (C=O) groups is 3. The largest absolute Gasteiger partial charge is 0.453 e. The van der Waals surface area contributed by atoms with Crippen LogP contribution in [0, 0.1) is 5.92 Å². The Morgan fingerprint density at radius 3 is 2.28 bits per heavy atom. The molecule has 0 radical (unpaired) electrons. The molecule has 2 amide bonds. The Morgan fingerprint density at radius 2 is 1.70 bits per heavy atom. The highest BCUT2D eigenvalue weighted by Crippen LogP contribution is 2.33. The number of ketones is 1. The maximum Gasteiger partial charge on any atom is 0.417 e. The molecule has 0 aliphatic heterocycles. The van der Waals surface area contributed by atoms with Gasteiger partial charge < -0.3 is 14.5 Å². The maximum atomic E-state index is 13.5. The third-order valence-electron chi connectivity index (χ3n) is 6.97. The van der Waals surface area contributed by atoms with E-state index < -0.39 is 64.9 Å². The Hall–Kier alpha value is -5.41. The van der Waals surface area contributed by atoms with Crippen LogP contribution in [0.4, 0.5) is 23.7 Å². The fraction of sp³-hybridized carbons (Fsp3) is 0.333. The first-order valence-corrected chi connectivity index (χ1v) is 13.8. The Kier molecular flexibility index (Phi) is 9.68. The maximum absolute atomic E-state index is 13.5. The van der Waals surface area contributed by atoms with Crippen molar-refractivity contribution >= 4 is 23.5 Å². The molecular weight excluding hydrogens is 611 g/mol. The summed E-state index contributed by atoms with van der Waals surface area (Å²) in [4.78, 5) is 60.0. The number of ether oxygens (including phenoxy) is 1. The summed E-state index contributed by atoms with van der Waals surface area (Å²) in [7, 11) is 1.12. The molecule has 46 heavy (non-hydrogen) atoms. The summed E-state index contributed by atoms with van der Waals surface area (Å²) >= 11 is 0. The van der Waals surface area contributed by atoms with Crippen LogP contribution in [0.15, 0.2) is 64.1 Å². The average Bonchev–Trinajstić information content (AvgIpc) is 3.53. The van der Waals surface area contributed by atoms with Gasteiger partial charge in [0, 0.05) is 11.8 Å². The van der Waals surface area contributed by atoms with Gasteiger partial charge in [-0.25, -0.2) is 9.78 Å². The molecule has 1 aromatic carbocycles. The Labute approximate surface area is 260 Å². The van der Waals surface area contributed by atoms with Gasteiger partial charge in [0.1, 0.15) is 18.1 Å². The van der Waals surface area contributed by atoms with Crippen molar-refractivity contribution in [1.82, 2.24) is 30.0 Å². The zero-order valence-electron chi connectivity index (χ0n) is 25.4. The van der Waals surface area contributed by atoms with Crippen LogP contribution in [0.2, 0.25) is 0 Å². The van der Waals surface area contributed by atoms with Crippen LogP contribution in [-0.4, -0.2) is 55.7 Å². The highest BCUT2D eigenvalue weighted by atomic mass is 19.4. The van der Waals surface area contributed by atoms with E-state index in [2.05, 4.69) is 35.5 Å². The number of amides is 2. The van der Waals surface area contributed by atoms with Gasteiger partial charge in [-0.2, -0.15) is 13.2 Å². The van der Waals surface area contributed by atoms with E-state index in [4.69, 9.17) is 4.42 Å². The van der Waals surface area contributed by atoms with E-state index in [1.807, 2.05) is 0 Å². The van der Waals surface area contributed by atoms with Crippen LogP contribution in [0.3, 0.4) is 0 Å². The molecule has 0 aliphatic carbocycles. The fourth-order valence-corrected chi connectivity index (χ4v) is 4.35. The van der Waals surface area contributed by atoms with E-state index in [0.717, 1.165) is 23.9 Å². The lowest BCUT2D eigenvalue weighted by Gasteiger charge is -2.21. The summed E-state index contributed by atoms with van der Waals surface area (Å²) in [5.74, 6) is -2.35. The summed E-state index contributed by atoms with van der Waals surface area (Å²) in [5.41, 5.74) is -2.38. The van der Waals surface area contributed by atoms with Crippen molar-refractivity contribution in [3.05, 3.63) is 88.3 Å². The lowest BCUT2D eigenvalue weighted by Crippen LogP contribution is -2.46. The third kappa shape index (κ3) is 7.27. The molecule has 2 N–H and O–H groups in total. The molecule has 3 aromatic heterocycles. The van der Waals surface area contributed by atoms with Crippen LogP contribution in [0.5, 0.6) is 0 Å². The molecule has 0 aliphatic rings. The van der Waals surface area contributed by atoms with E-state index in [9.17, 15) is 32.3 Å². The molecule has 0 spiro atoms. The van der Waals surface area contributed by atoms with Crippen LogP contribution in [0.1, 0.15) is 55.5 Å². The lowest BCUT2D eigenvalue weighted by molar-refractivity contribution is -0.137. The number of benzene rings is 1. The predicted octanol–water partition coefficient (Wildman–Crippen LogP) is 4.24. The number of carbonyl (C=O) groups excluding carboxylic acids is 3. The van der Waals surface area contributed by atoms with Gasteiger partial charge >= 0.3 is 12.3 Å². The number of rotatable bonds is 10. The summed E-state index contributed by atoms with van der Waals surface area (Å²) in [6.07, 6.45) is -3.64. The van der Waals surface area contributed by atoms with Gasteiger partial charge in [0.2, 0.25) is 17.6 Å². The van der Waals surface area contributed by atoms with E-state index in [-0.39, 0.29) is 23.1 Å². The van der Waals surface area contributed by atoms with Gasteiger partial charge in [-0.15, -0.1) is 10.2 Å². The number of Topliss-reactive ketones (excluding diaryl/α,β-unsaturated/α-hetero) is 1. The second-order valence-corrected chi connectivity index (χ2v) is 11.0. The fourth-order valence-electron chi connectivity index (χ4n) is 4.35. The SMILES string of the molecule is COC(=O)Nc1cnc(-c2ccccc2)n(CC(=O)NC(C(=O)c2nnc(C(C)(C)c3ccc(C(F)(F)F)cn3)o2)C(C)C)c1=O. The number of aromatic nitrogens is 5. The number of methoxy groups -OCH3 is 1. The standard InChI is InChI=1S/C30H30F3N7O6/c1-16(2)22(23(42)25-38-39-27(46-25)29(3,4)20-12-11-18(13-34-20)30(31,32)33)37-21(41)15-40-24(17-9-7-6-8-10-17)35-14-19(26(40)43)36-28(44)45-5/h6-14,16,22H,15H2,1-5H3,(H,36,44)(H,37,41). The lowest BCUT2D eigenvalue weighted by atomic mass is 9.88. The molecule has 0 saturated carbocycles. The molecule has 16 heteroatoms. The van der Waals surface area contributed by atoms with E-state index >= 15 is 0 Å². The normalized spacial score (nSPS) is 12.5. The van der Waals surface area contributed by atoms with Gasteiger partial charge in [-0.1, -0.05) is 44.2 Å². The molecule has 1 atom stereocenters. The number of nitrogens with zero attached hydrogens (tertiary/aromatic N) is 5. The highest BCUT2D eigenvalue weighted by molar-refractivity contribution is 5.98. The van der Waals surface area contributed by atoms with Gasteiger partial charge in [-0.05, 0) is 31.9 Å². The van der Waals surface area contributed by atoms with Crippen LogP contribution in [0.25, 0.3) is 11.4 Å². The number of alkyl halides is 3. The quantitative estimate of drug-likeness (QED) is 0.239. The molecule has 4 aromatic rings. The molecule has 0 bridgehead atoms. The van der Waals surface area contributed by atoms with E-state index in [1.54, 1.807) is 58.0 Å². The van der Waals surface area contributed by atoms with Gasteiger partial charge in [0.05, 0.1) is 36.0 Å². The van der Waals surface area contributed by atoms with Crippen molar-refractivity contribution in [1.29, 1.82) is 0 Å². The van der Waals surface area contributed by atoms with Gasteiger partial charge in [-0.3, -0.25) is 29.3 Å². The van der Waals surface area contributed by atoms with Crippen molar-refractivity contribution < 1.29 is 36.7 Å². The van der Waals surface area contributed by atoms with Gasteiger partial charge in [0.25, 0.3) is 11.4 Å². The average molecular weight is 642 g/mol. The predicted molar refractivity (Wildman–Crippen MR) is 157 cm³/mol. The van der Waals surface area contributed by atoms with E-state index in [0.29, 0.717) is 11.8 Å². The minimum atomic E-state index is -4.56. The highest BCUT2D eigenvalue weighted by Gasteiger charge is 2.36. The van der Waals surface area contributed by atoms with Crippen molar-refractivity contribution in [2.45, 2.75) is 51.9 Å². The van der Waals surface area contributed by atoms with Crippen molar-refractivity contribution in [2.24, 2.45) is 5.92 Å². The molecule has 3 heterocycles. The number of pyridine rings is 1. The first-order valence-electron chi connectivity index (χ1n) is 13.8. The Bertz CT molecular complexity index is 1790. The Balaban J connectivity index is 1.58. The second-order valence-electron chi connectivity index (χ2n) is 11.0. The molecule has 0 saturated heterocycles. The van der Waals surface area contributed by atoms with Crippen LogP contribution < -0.4 is 16.2 Å². The van der Waals surface area contributed by atoms with Crippen LogP contribution in [-0.2, 0) is 27.7 Å². The molecule has 1 unspecified atom stereocenters. The topological polar surface area (TPSA) is 171 Å². The number of halogens is 3. The number of hydrogen-bond acceptors (Lipinski definition) is 10. The zero-order valence-corrected chi connectivity index (χ0v) is 25.4. The van der Waals surface area contributed by atoms with Crippen LogP contribution >= 0.6 is 0 Å². The van der Waals surface area contributed by atoms with Gasteiger partial charge in [0.15, 0.2) is 0 Å². The molecular formula is C30H30F3N7O6. The third-order valence-corrected chi connectivity index (χ3v) is 6.97. The zero-order chi connectivity index (χ0) is 33.8. The second kappa shape index (κ2) is 13.3. The first kappa shape index (κ1) is 33.5. The minimum absolute atomic E-state index is 0.0861. The smallest absolute Gasteiger partial charge is 0.417 e. The minimum Gasteiger partial charge on any atom is -0.453 e. The van der Waals surface area contributed by atoms with Crippen molar-refractivity contribution in [3.8, 4) is 11.4 Å². The van der Waals surface area contributed by atoms with E-state index in [1.165, 1.54) is 6.07 Å². The number of anilines is 1. The molecule has 13 nitrogen and oxygen atoms in total. The number of nitrogens with one attached hydrogen (secondary N) is 2. The summed E-state index contributed by atoms with van der Waals surface area (Å²) in [6, 6.07) is 9.44. The molecule has 0 fully saturated rings. The number of hydrogen-bond donors (Lipinski definition) is 2. The molecule has 242 valence electrons. The van der Waals surface area contributed by atoms with Crippen molar-refractivity contribution in [2.75, 3.05) is 12.4 Å².